The third-order valence-corrected chi connectivity index (χ3v) is 4.62. The molecular formula is C19H34B2N2O4. The number of rotatable bonds is 6. The van der Waals surface area contributed by atoms with E-state index < -0.39 is 18.6 Å². The maximum atomic E-state index is 11.0. The van der Waals surface area contributed by atoms with Crippen LogP contribution in [0, 0.1) is 11.8 Å². The van der Waals surface area contributed by atoms with Crippen LogP contribution in [0.4, 0.5) is 0 Å². The molecule has 0 aliphatic carbocycles. The number of piperidine rings is 2. The van der Waals surface area contributed by atoms with E-state index in [1.165, 1.54) is 6.92 Å². The minimum atomic E-state index is -0.725. The van der Waals surface area contributed by atoms with Crippen molar-refractivity contribution in [1.82, 2.24) is 10.2 Å². The van der Waals surface area contributed by atoms with Gasteiger partial charge in [-0.2, -0.15) is 0 Å². The smallest absolute Gasteiger partial charge is 0.306 e. The molecule has 150 valence electrons. The molecule has 2 aliphatic heterocycles. The lowest BCUT2D eigenvalue weighted by atomic mass is 9.92. The Morgan fingerprint density at radius 2 is 1.59 bits per heavy atom. The molecule has 2 fully saturated rings. The van der Waals surface area contributed by atoms with Crippen molar-refractivity contribution in [3.05, 3.63) is 0 Å². The highest BCUT2D eigenvalue weighted by atomic mass is 16.4. The molecule has 2 saturated heterocycles. The Morgan fingerprint density at radius 3 is 1.89 bits per heavy atom. The molecule has 2 unspecified atom stereocenters. The van der Waals surface area contributed by atoms with Gasteiger partial charge in [-0.3, -0.25) is 9.59 Å². The molecule has 2 heterocycles. The largest absolute Gasteiger partial charge is 0.481 e. The van der Waals surface area contributed by atoms with Crippen molar-refractivity contribution in [2.45, 2.75) is 58.5 Å². The van der Waals surface area contributed by atoms with E-state index in [4.69, 9.17) is 23.5 Å². The number of carboxylic acid groups (broad SMARTS) is 1. The van der Waals surface area contributed by atoms with Gasteiger partial charge in [-0.05, 0) is 78.7 Å². The molecule has 2 atom stereocenters. The third kappa shape index (κ3) is 13.6. The van der Waals surface area contributed by atoms with E-state index in [0.29, 0.717) is 12.3 Å². The summed E-state index contributed by atoms with van der Waals surface area (Å²) in [5, 5.41) is 11.6. The number of likely N-dealkylation sites (tertiary alicyclic amines) is 1. The van der Waals surface area contributed by atoms with Crippen LogP contribution in [-0.4, -0.2) is 76.0 Å². The normalized spacial score (nSPS) is 21.9. The van der Waals surface area contributed by atoms with Crippen molar-refractivity contribution in [1.29, 1.82) is 0 Å². The fraction of sp³-hybridized carbons (Fsp3) is 0.842. The number of hydrogen-bond acceptors (Lipinski definition) is 5. The number of hydrogen-bond donors (Lipinski definition) is 2. The molecule has 0 spiro atoms. The molecule has 8 heteroatoms. The molecule has 0 bridgehead atoms. The van der Waals surface area contributed by atoms with Gasteiger partial charge in [-0.25, -0.2) is 0 Å². The fourth-order valence-electron chi connectivity index (χ4n) is 2.91. The third-order valence-electron chi connectivity index (χ3n) is 4.62. The molecule has 0 amide bonds. The minimum absolute atomic E-state index is 0.0255. The molecule has 4 radical (unpaired) electrons. The molecule has 0 aromatic heterocycles. The number of carboxylic acids is 1. The predicted octanol–water partition coefficient (Wildman–Crippen LogP) is 1.50. The van der Waals surface area contributed by atoms with Gasteiger partial charge in [0.25, 0.3) is 0 Å². The monoisotopic (exact) mass is 378 g/mol. The first-order valence-corrected chi connectivity index (χ1v) is 9.54. The predicted molar refractivity (Wildman–Crippen MR) is 109 cm³/mol. The Balaban J connectivity index is 0.000000430. The van der Waals surface area contributed by atoms with E-state index in [-0.39, 0.29) is 24.0 Å². The highest BCUT2D eigenvalue weighted by molar-refractivity contribution is 6.09. The van der Waals surface area contributed by atoms with Crippen LogP contribution >= 0.6 is 0 Å². The zero-order chi connectivity index (χ0) is 22.4. The molecule has 27 heavy (non-hydrogen) atoms. The topological polar surface area (TPSA) is 86.7 Å². The van der Waals surface area contributed by atoms with Crippen LogP contribution in [-0.2, 0) is 14.4 Å². The number of Topliss-reactive ketones (excluding diaryl/α,β-unsaturated/α-hetero) is 2. The van der Waals surface area contributed by atoms with Gasteiger partial charge in [-0.15, -0.1) is 0 Å². The fourth-order valence-corrected chi connectivity index (χ4v) is 2.91. The van der Waals surface area contributed by atoms with Crippen molar-refractivity contribution in [3.8, 4) is 0 Å². The molecule has 2 rings (SSSR count). The number of nitrogens with one attached hydrogen (secondary N) is 1. The summed E-state index contributed by atoms with van der Waals surface area (Å²) >= 11 is 0. The summed E-state index contributed by atoms with van der Waals surface area (Å²) in [6, 6.07) is 0. The van der Waals surface area contributed by atoms with Crippen molar-refractivity contribution >= 4 is 33.2 Å². The van der Waals surface area contributed by atoms with Crippen molar-refractivity contribution in [3.63, 3.8) is 0 Å². The van der Waals surface area contributed by atoms with Gasteiger partial charge in [0, 0.05) is 8.66 Å². The van der Waals surface area contributed by atoms with Crippen molar-refractivity contribution in [2.75, 3.05) is 32.7 Å². The Morgan fingerprint density at radius 1 is 1.04 bits per heavy atom. The maximum absolute atomic E-state index is 11.0. The average molecular weight is 378 g/mol. The maximum Gasteiger partial charge on any atom is 0.306 e. The van der Waals surface area contributed by atoms with Gasteiger partial charge in [0.15, 0.2) is 0 Å². The number of aliphatic carboxylic acids is 1. The standard InChI is InChI=1S/C9H16BNO.C6H11NO2.C4H7BO/c1-8(12)9-2-5-11(6-3-9)7-4-10;8-6(9)5-1-3-7-4-2-5;1-4(6)2-3-5/h9H,2-7H2,1H3;5,7H,1-4H2,(H,8,9);2-3H2,1H3/i4D;;3D. The molecular weight excluding hydrogens is 342 g/mol. The van der Waals surface area contributed by atoms with Gasteiger partial charge in [0.2, 0.25) is 0 Å². The van der Waals surface area contributed by atoms with E-state index in [1.54, 1.807) is 6.92 Å². The lowest BCUT2D eigenvalue weighted by Gasteiger charge is -2.30. The second-order valence-corrected chi connectivity index (χ2v) is 6.93. The highest BCUT2D eigenvalue weighted by Crippen LogP contribution is 2.17. The Kier molecular flexibility index (Phi) is 13.0. The van der Waals surface area contributed by atoms with E-state index in [9.17, 15) is 14.4 Å². The van der Waals surface area contributed by atoms with Gasteiger partial charge < -0.3 is 20.1 Å². The van der Waals surface area contributed by atoms with E-state index in [0.717, 1.165) is 51.9 Å². The highest BCUT2D eigenvalue weighted by Gasteiger charge is 2.21. The van der Waals surface area contributed by atoms with Crippen LogP contribution < -0.4 is 5.32 Å². The summed E-state index contributed by atoms with van der Waals surface area (Å²) in [7, 11) is 10.3. The number of ketones is 2. The lowest BCUT2D eigenvalue weighted by Crippen LogP contribution is -2.36. The molecule has 0 aromatic carbocycles. The van der Waals surface area contributed by atoms with Gasteiger partial charge in [0.05, 0.1) is 21.6 Å². The average Bonchev–Trinajstić information content (AvgIpc) is 2.62. The summed E-state index contributed by atoms with van der Waals surface area (Å²) < 4.78 is 13.9. The molecule has 2 N–H and O–H groups in total. The van der Waals surface area contributed by atoms with Gasteiger partial charge >= 0.3 is 5.97 Å². The van der Waals surface area contributed by atoms with E-state index in [2.05, 4.69) is 10.2 Å². The van der Waals surface area contributed by atoms with Crippen molar-refractivity contribution in [2.24, 2.45) is 11.8 Å². The number of carbonyl (C=O) groups is 3. The minimum Gasteiger partial charge on any atom is -0.481 e. The summed E-state index contributed by atoms with van der Waals surface area (Å²) in [4.78, 5) is 33.6. The van der Waals surface area contributed by atoms with Crippen molar-refractivity contribution < 1.29 is 22.2 Å². The summed E-state index contributed by atoms with van der Waals surface area (Å²) in [6.07, 6.45) is 2.38. The van der Waals surface area contributed by atoms with Crippen LogP contribution in [0.15, 0.2) is 0 Å². The first-order chi connectivity index (χ1) is 13.5. The first-order valence-electron chi connectivity index (χ1n) is 10.7. The quantitative estimate of drug-likeness (QED) is 0.682. The molecule has 0 saturated carbocycles. The summed E-state index contributed by atoms with van der Waals surface area (Å²) in [6.45, 7) is 7.26. The van der Waals surface area contributed by atoms with Crippen LogP contribution in [0.3, 0.4) is 0 Å². The zero-order valence-electron chi connectivity index (χ0n) is 18.7. The Labute approximate surface area is 169 Å². The molecule has 6 nitrogen and oxygen atoms in total. The van der Waals surface area contributed by atoms with E-state index >= 15 is 0 Å². The Hall–Kier alpha value is -1.14. The van der Waals surface area contributed by atoms with Crippen LogP contribution in [0.25, 0.3) is 0 Å². The molecule has 2 aliphatic rings. The second kappa shape index (κ2) is 15.9. The van der Waals surface area contributed by atoms with Crippen LogP contribution in [0.1, 0.15) is 48.7 Å². The Bertz CT molecular complexity index is 497. The number of nitrogens with zero attached hydrogens (tertiary/aromatic N) is 1. The van der Waals surface area contributed by atoms with E-state index in [1.807, 2.05) is 0 Å². The van der Waals surface area contributed by atoms with Crippen LogP contribution in [0.2, 0.25) is 12.6 Å². The SMILES string of the molecule is O=C(O)C1CCNCC1.[2H]C([B])CC(C)=O.[2H]C([B])CN1CCC(C(C)=O)CC1. The summed E-state index contributed by atoms with van der Waals surface area (Å²) in [5.74, 6) is -0.210. The van der Waals surface area contributed by atoms with Gasteiger partial charge in [-0.1, -0.05) is 12.6 Å². The first kappa shape index (κ1) is 22.2. The van der Waals surface area contributed by atoms with Gasteiger partial charge in [0.1, 0.15) is 11.6 Å². The number of carbonyl (C=O) groups excluding carboxylic acids is 2. The zero-order valence-corrected chi connectivity index (χ0v) is 16.7. The van der Waals surface area contributed by atoms with Crippen LogP contribution in [0.5, 0.6) is 0 Å². The summed E-state index contributed by atoms with van der Waals surface area (Å²) in [5.41, 5.74) is 0. The second-order valence-electron chi connectivity index (χ2n) is 6.93. The molecule has 0 aromatic rings. The lowest BCUT2D eigenvalue weighted by molar-refractivity contribution is -0.142.